The van der Waals surface area contributed by atoms with E-state index >= 15 is 0 Å². The maximum absolute atomic E-state index is 13.0. The van der Waals surface area contributed by atoms with Crippen LogP contribution in [0.15, 0.2) is 71.1 Å². The molecule has 4 aromatic rings. The van der Waals surface area contributed by atoms with Crippen molar-refractivity contribution in [3.05, 3.63) is 89.3 Å². The fraction of sp³-hybridized carbons (Fsp3) is 0.310. The molecule has 2 heterocycles. The molecule has 3 N–H and O–H groups in total. The maximum atomic E-state index is 13.0. The fourth-order valence-corrected chi connectivity index (χ4v) is 6.25. The Bertz CT molecular complexity index is 1490. The summed E-state index contributed by atoms with van der Waals surface area (Å²) in [5.74, 6) is 0.398. The van der Waals surface area contributed by atoms with Crippen LogP contribution in [-0.2, 0) is 11.2 Å². The summed E-state index contributed by atoms with van der Waals surface area (Å²) in [4.78, 5) is 0. The lowest BCUT2D eigenvalue weighted by Crippen LogP contribution is -2.52. The van der Waals surface area contributed by atoms with Crippen molar-refractivity contribution in [2.75, 3.05) is 33.7 Å². The van der Waals surface area contributed by atoms with Crippen molar-refractivity contribution in [1.29, 1.82) is 0 Å². The van der Waals surface area contributed by atoms with Gasteiger partial charge in [-0.3, -0.25) is 0 Å². The van der Waals surface area contributed by atoms with Crippen molar-refractivity contribution in [3.8, 4) is 23.0 Å². The van der Waals surface area contributed by atoms with Crippen molar-refractivity contribution < 1.29 is 33.6 Å². The van der Waals surface area contributed by atoms with Crippen molar-refractivity contribution in [1.82, 2.24) is 10.2 Å². The first-order valence-electron chi connectivity index (χ1n) is 12.5. The van der Waals surface area contributed by atoms with Gasteiger partial charge in [-0.25, -0.2) is 0 Å². The average molecular weight is 532 g/mol. The van der Waals surface area contributed by atoms with E-state index in [9.17, 15) is 10.2 Å². The quantitative estimate of drug-likeness (QED) is 0.326. The van der Waals surface area contributed by atoms with Gasteiger partial charge in [-0.2, -0.15) is 0 Å². The second-order valence-electron chi connectivity index (χ2n) is 9.59. The number of aliphatic hydroxyl groups is 2. The van der Waals surface area contributed by atoms with E-state index in [2.05, 4.69) is 15.5 Å². The first-order valence-corrected chi connectivity index (χ1v) is 12.5. The van der Waals surface area contributed by atoms with Gasteiger partial charge in [0.25, 0.3) is 0 Å². The minimum atomic E-state index is -2.01. The SMILES string of the molecule is CNc1nnc(C2C(O)C3(O)c4c(OC)cc(OC)cc4OC3(c3ccc(OC)cc3)C2c2ccccc2)o1. The molecule has 6 rings (SSSR count). The minimum Gasteiger partial charge on any atom is -0.497 e. The molecule has 5 atom stereocenters. The summed E-state index contributed by atoms with van der Waals surface area (Å²) in [6.07, 6.45) is -1.45. The van der Waals surface area contributed by atoms with Gasteiger partial charge in [0, 0.05) is 25.1 Å². The highest BCUT2D eigenvalue weighted by molar-refractivity contribution is 5.63. The predicted octanol–water partition coefficient (Wildman–Crippen LogP) is 3.55. The van der Waals surface area contributed by atoms with Gasteiger partial charge in [0.15, 0.2) is 11.2 Å². The molecule has 0 amide bonds. The van der Waals surface area contributed by atoms with Crippen LogP contribution >= 0.6 is 0 Å². The minimum absolute atomic E-state index is 0.161. The van der Waals surface area contributed by atoms with Gasteiger partial charge in [0.2, 0.25) is 5.89 Å². The van der Waals surface area contributed by atoms with Crippen LogP contribution in [0.1, 0.15) is 34.4 Å². The molecular weight excluding hydrogens is 502 g/mol. The van der Waals surface area contributed by atoms with Crippen LogP contribution in [0.2, 0.25) is 0 Å². The van der Waals surface area contributed by atoms with Crippen LogP contribution in [0.25, 0.3) is 0 Å². The Morgan fingerprint density at radius 1 is 0.897 bits per heavy atom. The molecule has 39 heavy (non-hydrogen) atoms. The summed E-state index contributed by atoms with van der Waals surface area (Å²) in [5, 5.41) is 36.3. The molecule has 5 unspecified atom stereocenters. The van der Waals surface area contributed by atoms with Gasteiger partial charge < -0.3 is 38.9 Å². The van der Waals surface area contributed by atoms with Crippen molar-refractivity contribution in [2.24, 2.45) is 0 Å². The molecule has 0 saturated heterocycles. The van der Waals surface area contributed by atoms with E-state index in [1.807, 2.05) is 42.5 Å². The average Bonchev–Trinajstić information content (AvgIpc) is 3.61. The van der Waals surface area contributed by atoms with Crippen LogP contribution in [0.5, 0.6) is 23.0 Å². The Labute approximate surface area is 225 Å². The van der Waals surface area contributed by atoms with Crippen LogP contribution in [0, 0.1) is 0 Å². The fourth-order valence-electron chi connectivity index (χ4n) is 6.25. The zero-order valence-corrected chi connectivity index (χ0v) is 21.9. The highest BCUT2D eigenvalue weighted by atomic mass is 16.5. The second kappa shape index (κ2) is 9.18. The number of ether oxygens (including phenoxy) is 4. The third-order valence-corrected chi connectivity index (χ3v) is 7.90. The van der Waals surface area contributed by atoms with E-state index in [1.165, 1.54) is 14.2 Å². The molecule has 202 valence electrons. The summed E-state index contributed by atoms with van der Waals surface area (Å²) in [5.41, 5.74) is -1.82. The van der Waals surface area contributed by atoms with E-state index in [4.69, 9.17) is 23.4 Å². The van der Waals surface area contributed by atoms with Crippen LogP contribution in [0.3, 0.4) is 0 Å². The van der Waals surface area contributed by atoms with E-state index in [0.717, 1.165) is 5.56 Å². The zero-order chi connectivity index (χ0) is 27.4. The number of methoxy groups -OCH3 is 3. The smallest absolute Gasteiger partial charge is 0.315 e. The van der Waals surface area contributed by atoms with Gasteiger partial charge >= 0.3 is 6.01 Å². The number of nitrogens with zero attached hydrogens (tertiary/aromatic N) is 2. The monoisotopic (exact) mass is 531 g/mol. The summed E-state index contributed by atoms with van der Waals surface area (Å²) < 4.78 is 29.4. The normalized spacial score (nSPS) is 26.9. The number of anilines is 1. The number of aromatic nitrogens is 2. The lowest BCUT2D eigenvalue weighted by atomic mass is 9.70. The van der Waals surface area contributed by atoms with Crippen LogP contribution in [0.4, 0.5) is 6.01 Å². The number of benzene rings is 3. The molecular formula is C29H29N3O7. The highest BCUT2D eigenvalue weighted by Crippen LogP contribution is 2.72. The summed E-state index contributed by atoms with van der Waals surface area (Å²) in [6.45, 7) is 0. The van der Waals surface area contributed by atoms with E-state index in [0.29, 0.717) is 34.1 Å². The Morgan fingerprint density at radius 3 is 2.23 bits per heavy atom. The Balaban J connectivity index is 1.70. The van der Waals surface area contributed by atoms with Gasteiger partial charge in [0.05, 0.1) is 32.8 Å². The number of nitrogens with one attached hydrogen (secondary N) is 1. The molecule has 2 aliphatic rings. The van der Waals surface area contributed by atoms with Crippen molar-refractivity contribution >= 4 is 6.01 Å². The number of fused-ring (bicyclic) bond motifs is 3. The molecule has 1 saturated carbocycles. The molecule has 0 bridgehead atoms. The molecule has 10 heteroatoms. The number of aliphatic hydroxyl groups excluding tert-OH is 1. The molecule has 0 spiro atoms. The molecule has 1 aliphatic carbocycles. The van der Waals surface area contributed by atoms with E-state index < -0.39 is 29.1 Å². The molecule has 10 nitrogen and oxygen atoms in total. The van der Waals surface area contributed by atoms with Crippen molar-refractivity contribution in [2.45, 2.75) is 29.1 Å². The third-order valence-electron chi connectivity index (χ3n) is 7.90. The van der Waals surface area contributed by atoms with Gasteiger partial charge in [-0.05, 0) is 23.3 Å². The first-order chi connectivity index (χ1) is 18.9. The predicted molar refractivity (Wildman–Crippen MR) is 141 cm³/mol. The molecule has 1 fully saturated rings. The summed E-state index contributed by atoms with van der Waals surface area (Å²) in [6, 6.07) is 20.4. The van der Waals surface area contributed by atoms with Gasteiger partial charge in [-0.15, -0.1) is 5.10 Å². The van der Waals surface area contributed by atoms with E-state index in [-0.39, 0.29) is 11.9 Å². The number of hydrogen-bond donors (Lipinski definition) is 3. The Morgan fingerprint density at radius 2 is 1.62 bits per heavy atom. The summed E-state index contributed by atoms with van der Waals surface area (Å²) >= 11 is 0. The first kappa shape index (κ1) is 25.0. The van der Waals surface area contributed by atoms with Gasteiger partial charge in [0.1, 0.15) is 29.1 Å². The summed E-state index contributed by atoms with van der Waals surface area (Å²) in [7, 11) is 6.28. The van der Waals surface area contributed by atoms with Gasteiger partial charge in [-0.1, -0.05) is 47.6 Å². The number of hydrogen-bond acceptors (Lipinski definition) is 10. The topological polar surface area (TPSA) is 128 Å². The van der Waals surface area contributed by atoms with E-state index in [1.54, 1.807) is 38.4 Å². The lowest BCUT2D eigenvalue weighted by molar-refractivity contribution is -0.151. The molecule has 1 aliphatic heterocycles. The molecule has 0 radical (unpaired) electrons. The Hall–Kier alpha value is -4.28. The Kier molecular flexibility index (Phi) is 5.89. The highest BCUT2D eigenvalue weighted by Gasteiger charge is 2.78. The lowest BCUT2D eigenvalue weighted by Gasteiger charge is -2.40. The zero-order valence-electron chi connectivity index (χ0n) is 21.9. The van der Waals surface area contributed by atoms with Crippen LogP contribution in [-0.4, -0.2) is 54.9 Å². The third kappa shape index (κ3) is 3.34. The van der Waals surface area contributed by atoms with Crippen LogP contribution < -0.4 is 24.3 Å². The molecule has 3 aromatic carbocycles. The van der Waals surface area contributed by atoms with Crippen molar-refractivity contribution in [3.63, 3.8) is 0 Å². The number of rotatable bonds is 7. The standard InChI is InChI=1S/C29H29N3O7/c1-30-27-32-31-26(38-27)22-23(16-8-6-5-7-9-16)29(17-10-12-18(35-2)13-11-17)28(34,25(22)33)24-20(37-4)14-19(36-3)15-21(24)39-29/h5-15,22-23,25,33-34H,1-4H3,(H,30,32). The maximum Gasteiger partial charge on any atom is 0.315 e. The second-order valence-corrected chi connectivity index (χ2v) is 9.59. The largest absolute Gasteiger partial charge is 0.497 e. The molecule has 1 aromatic heterocycles.